The third kappa shape index (κ3) is 1.06. The van der Waals surface area contributed by atoms with Crippen molar-refractivity contribution in [3.8, 4) is 0 Å². The summed E-state index contributed by atoms with van der Waals surface area (Å²) in [5, 5.41) is 0.697. The van der Waals surface area contributed by atoms with Crippen LogP contribution in [-0.4, -0.2) is 0 Å². The fourth-order valence-electron chi connectivity index (χ4n) is 1.21. The molecule has 0 fully saturated rings. The first kappa shape index (κ1) is 7.55. The maximum absolute atomic E-state index is 11.3. The molecule has 2 nitrogen and oxygen atoms in total. The summed E-state index contributed by atoms with van der Waals surface area (Å²) in [5.74, 6) is 0.675. The summed E-state index contributed by atoms with van der Waals surface area (Å²) in [6, 6.07) is 3.76. The summed E-state index contributed by atoms with van der Waals surface area (Å²) in [7, 11) is 0. The van der Waals surface area contributed by atoms with Crippen LogP contribution >= 0.6 is 11.3 Å². The summed E-state index contributed by atoms with van der Waals surface area (Å²) < 4.78 is 5.97. The molecule has 0 N–H and O–H groups in total. The zero-order valence-corrected chi connectivity index (χ0v) is 7.70. The Labute approximate surface area is 73.4 Å². The van der Waals surface area contributed by atoms with Crippen LogP contribution in [0.4, 0.5) is 0 Å². The predicted octanol–water partition coefficient (Wildman–Crippen LogP) is 2.47. The molecule has 0 aliphatic carbocycles. The van der Waals surface area contributed by atoms with Crippen molar-refractivity contribution >= 4 is 21.4 Å². The fourth-order valence-corrected chi connectivity index (χ4v) is 2.22. The van der Waals surface area contributed by atoms with Gasteiger partial charge in [-0.3, -0.25) is 0 Å². The smallest absolute Gasteiger partial charge is 0.344 e. The summed E-state index contributed by atoms with van der Waals surface area (Å²) >= 11 is 1.62. The average molecular weight is 180 g/mol. The van der Waals surface area contributed by atoms with E-state index in [9.17, 15) is 4.79 Å². The molecule has 0 atom stereocenters. The number of hydrogen-bond acceptors (Lipinski definition) is 3. The number of rotatable bonds is 0. The maximum Gasteiger partial charge on any atom is 0.344 e. The van der Waals surface area contributed by atoms with E-state index in [1.54, 1.807) is 18.3 Å². The quantitative estimate of drug-likeness (QED) is 0.623. The predicted molar refractivity (Wildman–Crippen MR) is 49.8 cm³/mol. The van der Waals surface area contributed by atoms with Gasteiger partial charge in [-0.2, -0.15) is 0 Å². The average Bonchev–Trinajstić information content (AvgIpc) is 2.29. The third-order valence-electron chi connectivity index (χ3n) is 1.69. The Bertz CT molecular complexity index is 479. The Hall–Kier alpha value is -1.09. The van der Waals surface area contributed by atoms with E-state index in [0.29, 0.717) is 11.1 Å². The molecule has 0 aromatic carbocycles. The molecule has 12 heavy (non-hydrogen) atoms. The highest BCUT2D eigenvalue weighted by molar-refractivity contribution is 7.18. The summed E-state index contributed by atoms with van der Waals surface area (Å²) in [6.07, 6.45) is 0. The van der Waals surface area contributed by atoms with Crippen LogP contribution < -0.4 is 5.63 Å². The van der Waals surface area contributed by atoms with Crippen LogP contribution in [0.5, 0.6) is 0 Å². The number of thiophene rings is 1. The van der Waals surface area contributed by atoms with Crippen LogP contribution in [0, 0.1) is 13.8 Å². The van der Waals surface area contributed by atoms with E-state index in [1.165, 1.54) is 0 Å². The maximum atomic E-state index is 11.3. The van der Waals surface area contributed by atoms with Gasteiger partial charge in [0.2, 0.25) is 0 Å². The van der Waals surface area contributed by atoms with Gasteiger partial charge in [0, 0.05) is 9.58 Å². The van der Waals surface area contributed by atoms with Gasteiger partial charge in [0.25, 0.3) is 0 Å². The van der Waals surface area contributed by atoms with E-state index in [1.807, 2.05) is 19.1 Å². The van der Waals surface area contributed by atoms with Crippen molar-refractivity contribution in [3.63, 3.8) is 0 Å². The van der Waals surface area contributed by atoms with Crippen molar-refractivity contribution in [1.29, 1.82) is 0 Å². The van der Waals surface area contributed by atoms with Gasteiger partial charge in [0.05, 0.1) is 5.39 Å². The largest absolute Gasteiger partial charge is 0.428 e. The second-order valence-electron chi connectivity index (χ2n) is 2.78. The van der Waals surface area contributed by atoms with E-state index in [0.717, 1.165) is 9.58 Å². The fraction of sp³-hybridized carbons (Fsp3) is 0.222. The van der Waals surface area contributed by atoms with Crippen molar-refractivity contribution in [1.82, 2.24) is 0 Å². The Morgan fingerprint density at radius 1 is 1.33 bits per heavy atom. The topological polar surface area (TPSA) is 30.2 Å². The van der Waals surface area contributed by atoms with E-state index in [2.05, 4.69) is 0 Å². The van der Waals surface area contributed by atoms with Crippen LogP contribution in [0.3, 0.4) is 0 Å². The molecule has 0 aliphatic rings. The van der Waals surface area contributed by atoms with Gasteiger partial charge in [-0.1, -0.05) is 0 Å². The molecule has 0 unspecified atom stereocenters. The Kier molecular flexibility index (Phi) is 1.54. The molecule has 0 amide bonds. The summed E-state index contributed by atoms with van der Waals surface area (Å²) in [4.78, 5) is 12.4. The molecule has 2 rings (SSSR count). The zero-order valence-electron chi connectivity index (χ0n) is 6.88. The summed E-state index contributed by atoms with van der Waals surface area (Å²) in [6.45, 7) is 3.77. The molecule has 0 spiro atoms. The molecule has 0 bridgehead atoms. The lowest BCUT2D eigenvalue weighted by Gasteiger charge is -1.89. The van der Waals surface area contributed by atoms with Gasteiger partial charge in [0.15, 0.2) is 0 Å². The molecule has 2 heterocycles. The standard InChI is InChI=1S/C9H8O2S/c1-5-3-8-7(9(10)11-5)4-6(2)12-8/h3-4H,1-2H3. The molecule has 0 saturated heterocycles. The van der Waals surface area contributed by atoms with Crippen LogP contribution in [0.25, 0.3) is 10.1 Å². The van der Waals surface area contributed by atoms with Gasteiger partial charge in [-0.05, 0) is 26.0 Å². The van der Waals surface area contributed by atoms with Crippen LogP contribution in [0.1, 0.15) is 10.6 Å². The van der Waals surface area contributed by atoms with Crippen LogP contribution in [-0.2, 0) is 0 Å². The lowest BCUT2D eigenvalue weighted by Crippen LogP contribution is -1.97. The monoisotopic (exact) mass is 180 g/mol. The Morgan fingerprint density at radius 2 is 2.08 bits per heavy atom. The number of fused-ring (bicyclic) bond motifs is 1. The van der Waals surface area contributed by atoms with Gasteiger partial charge in [0.1, 0.15) is 5.76 Å². The van der Waals surface area contributed by atoms with Gasteiger partial charge >= 0.3 is 5.63 Å². The Morgan fingerprint density at radius 3 is 2.83 bits per heavy atom. The zero-order chi connectivity index (χ0) is 8.72. The molecular formula is C9H8O2S. The van der Waals surface area contributed by atoms with Crippen molar-refractivity contribution in [3.05, 3.63) is 33.2 Å². The van der Waals surface area contributed by atoms with E-state index in [-0.39, 0.29) is 5.63 Å². The lowest BCUT2D eigenvalue weighted by molar-refractivity contribution is 0.489. The molecule has 2 aromatic rings. The van der Waals surface area contributed by atoms with Crippen LogP contribution in [0.2, 0.25) is 0 Å². The lowest BCUT2D eigenvalue weighted by atomic mass is 10.3. The molecule has 62 valence electrons. The van der Waals surface area contributed by atoms with E-state index in [4.69, 9.17) is 4.42 Å². The van der Waals surface area contributed by atoms with E-state index >= 15 is 0 Å². The number of hydrogen-bond donors (Lipinski definition) is 0. The first-order valence-electron chi connectivity index (χ1n) is 3.68. The van der Waals surface area contributed by atoms with Crippen molar-refractivity contribution in [2.45, 2.75) is 13.8 Å². The molecule has 0 radical (unpaired) electrons. The van der Waals surface area contributed by atoms with Gasteiger partial charge in [-0.25, -0.2) is 4.79 Å². The second kappa shape index (κ2) is 2.45. The normalized spacial score (nSPS) is 10.8. The number of aryl methyl sites for hydroxylation is 2. The molecule has 3 heteroatoms. The Balaban J connectivity index is 2.98. The SMILES string of the molecule is Cc1cc2sc(C)cc2c(=O)o1. The minimum Gasteiger partial charge on any atom is -0.428 e. The molecule has 0 aliphatic heterocycles. The second-order valence-corrected chi connectivity index (χ2v) is 4.07. The van der Waals surface area contributed by atoms with Gasteiger partial charge in [-0.15, -0.1) is 11.3 Å². The first-order valence-corrected chi connectivity index (χ1v) is 4.49. The molecule has 2 aromatic heterocycles. The first-order chi connectivity index (χ1) is 5.66. The minimum absolute atomic E-state index is 0.227. The van der Waals surface area contributed by atoms with Crippen molar-refractivity contribution in [2.24, 2.45) is 0 Å². The van der Waals surface area contributed by atoms with Crippen LogP contribution in [0.15, 0.2) is 21.3 Å². The van der Waals surface area contributed by atoms with Crippen molar-refractivity contribution < 1.29 is 4.42 Å². The van der Waals surface area contributed by atoms with Crippen molar-refractivity contribution in [2.75, 3.05) is 0 Å². The van der Waals surface area contributed by atoms with E-state index < -0.39 is 0 Å². The highest BCUT2D eigenvalue weighted by atomic mass is 32.1. The molecule has 0 saturated carbocycles. The van der Waals surface area contributed by atoms with Gasteiger partial charge < -0.3 is 4.42 Å². The summed E-state index contributed by atoms with van der Waals surface area (Å²) in [5.41, 5.74) is -0.227. The minimum atomic E-state index is -0.227. The third-order valence-corrected chi connectivity index (χ3v) is 2.69. The highest BCUT2D eigenvalue weighted by Gasteiger charge is 2.04. The molecular weight excluding hydrogens is 172 g/mol. The highest BCUT2D eigenvalue weighted by Crippen LogP contribution is 2.22.